The number of hydrogen-bond donors (Lipinski definition) is 2. The molecule has 0 fully saturated rings. The van der Waals surface area contributed by atoms with Crippen molar-refractivity contribution >= 4 is 35.5 Å². The van der Waals surface area contributed by atoms with Gasteiger partial charge in [-0.3, -0.25) is 15.0 Å². The molecule has 0 heterocycles. The van der Waals surface area contributed by atoms with Gasteiger partial charge < -0.3 is 29.6 Å². The van der Waals surface area contributed by atoms with Crippen LogP contribution >= 0.6 is 12.4 Å². The van der Waals surface area contributed by atoms with Crippen LogP contribution in [0.1, 0.15) is 18.4 Å². The number of carbonyl (C=O) groups excluding carboxylic acids is 1. The molecule has 0 atom stereocenters. The van der Waals surface area contributed by atoms with E-state index in [9.17, 15) is 14.9 Å². The Balaban J connectivity index is 0.00000588. The van der Waals surface area contributed by atoms with Crippen molar-refractivity contribution in [1.82, 2.24) is 5.32 Å². The van der Waals surface area contributed by atoms with Gasteiger partial charge in [0.1, 0.15) is 0 Å². The fraction of sp³-hybridized carbons (Fsp3) is 0.345. The molecule has 3 aromatic carbocycles. The maximum Gasteiger partial charge on any atom is 0.326 e. The van der Waals surface area contributed by atoms with Gasteiger partial charge in [-0.25, -0.2) is 4.79 Å². The number of amides is 2. The second kappa shape index (κ2) is 16.8. The van der Waals surface area contributed by atoms with Gasteiger partial charge in [0.2, 0.25) is 0 Å². The van der Waals surface area contributed by atoms with E-state index in [0.29, 0.717) is 53.9 Å². The van der Waals surface area contributed by atoms with Crippen LogP contribution in [0.25, 0.3) is 0 Å². The number of nitrogens with zero attached hydrogens (tertiary/aromatic N) is 2. The molecule has 0 saturated carbocycles. The minimum absolute atomic E-state index is 0. The number of urea groups is 1. The maximum absolute atomic E-state index is 13.3. The fourth-order valence-electron chi connectivity index (χ4n) is 4.15. The van der Waals surface area contributed by atoms with E-state index < -0.39 is 4.92 Å². The SMILES string of the molecule is COc1ccc(CCCNCCCN(C(=O)Nc2ccc(OC)c(OC)c2)c2ccc([N+](=O)[O-])cc2)cc1OC.Cl. The van der Waals surface area contributed by atoms with Gasteiger partial charge in [0, 0.05) is 36.1 Å². The van der Waals surface area contributed by atoms with Crippen molar-refractivity contribution in [3.05, 3.63) is 76.3 Å². The van der Waals surface area contributed by atoms with Crippen molar-refractivity contribution < 1.29 is 28.7 Å². The van der Waals surface area contributed by atoms with Crippen LogP contribution in [-0.2, 0) is 6.42 Å². The lowest BCUT2D eigenvalue weighted by Crippen LogP contribution is -2.37. The highest BCUT2D eigenvalue weighted by atomic mass is 35.5. The Hall–Kier alpha value is -4.22. The predicted octanol–water partition coefficient (Wildman–Crippen LogP) is 5.70. The highest BCUT2D eigenvalue weighted by Gasteiger charge is 2.18. The van der Waals surface area contributed by atoms with Crippen LogP contribution < -0.4 is 34.5 Å². The standard InChI is InChI=1S/C29H36N4O7.ClH/c1-37-25-14-8-21(19-27(25)39-3)7-5-16-30-17-6-18-32(23-10-12-24(13-11-23)33(35)36)29(34)31-22-9-15-26(38-2)28(20-22)40-4;/h8-15,19-20,30H,5-7,16-18H2,1-4H3,(H,31,34);1H. The average Bonchev–Trinajstić information content (AvgIpc) is 2.98. The lowest BCUT2D eigenvalue weighted by atomic mass is 10.1. The molecule has 3 aromatic rings. The van der Waals surface area contributed by atoms with Gasteiger partial charge in [-0.2, -0.15) is 0 Å². The van der Waals surface area contributed by atoms with Gasteiger partial charge in [-0.05, 0) is 74.3 Å². The Labute approximate surface area is 246 Å². The zero-order valence-corrected chi connectivity index (χ0v) is 24.5. The largest absolute Gasteiger partial charge is 0.493 e. The number of nitro groups is 1. The van der Waals surface area contributed by atoms with E-state index in [-0.39, 0.29) is 24.1 Å². The number of halogens is 1. The number of ether oxygens (including phenoxy) is 4. The molecule has 0 aromatic heterocycles. The third-order valence-electron chi connectivity index (χ3n) is 6.25. The van der Waals surface area contributed by atoms with E-state index in [1.165, 1.54) is 26.4 Å². The smallest absolute Gasteiger partial charge is 0.326 e. The first kappa shape index (κ1) is 33.0. The number of benzene rings is 3. The first-order valence-corrected chi connectivity index (χ1v) is 12.9. The van der Waals surface area contributed by atoms with Crippen molar-refractivity contribution in [2.45, 2.75) is 19.3 Å². The summed E-state index contributed by atoms with van der Waals surface area (Å²) in [6, 6.07) is 16.6. The molecular weight excluding hydrogens is 552 g/mol. The Morgan fingerprint density at radius 2 is 1.39 bits per heavy atom. The van der Waals surface area contributed by atoms with Gasteiger partial charge in [0.15, 0.2) is 23.0 Å². The van der Waals surface area contributed by atoms with Crippen LogP contribution in [0.3, 0.4) is 0 Å². The van der Waals surface area contributed by atoms with E-state index in [0.717, 1.165) is 24.9 Å². The number of nitrogens with one attached hydrogen (secondary N) is 2. The second-order valence-electron chi connectivity index (χ2n) is 8.82. The molecular formula is C29H37ClN4O7. The first-order valence-electron chi connectivity index (χ1n) is 12.9. The third-order valence-corrected chi connectivity index (χ3v) is 6.25. The normalized spacial score (nSPS) is 10.2. The summed E-state index contributed by atoms with van der Waals surface area (Å²) >= 11 is 0. The number of nitro benzene ring substituents is 1. The van der Waals surface area contributed by atoms with Crippen LogP contribution in [0.5, 0.6) is 23.0 Å². The molecule has 0 bridgehead atoms. The summed E-state index contributed by atoms with van der Waals surface area (Å²) in [5, 5.41) is 17.4. The summed E-state index contributed by atoms with van der Waals surface area (Å²) in [5.41, 5.74) is 2.20. The predicted molar refractivity (Wildman–Crippen MR) is 162 cm³/mol. The fourth-order valence-corrected chi connectivity index (χ4v) is 4.15. The minimum Gasteiger partial charge on any atom is -0.493 e. The number of methoxy groups -OCH3 is 4. The number of hydrogen-bond acceptors (Lipinski definition) is 8. The number of carbonyl (C=O) groups is 1. The van der Waals surface area contributed by atoms with Crippen LogP contribution in [-0.4, -0.2) is 59.0 Å². The van der Waals surface area contributed by atoms with Crippen molar-refractivity contribution in [3.8, 4) is 23.0 Å². The van der Waals surface area contributed by atoms with Crippen molar-refractivity contribution in [1.29, 1.82) is 0 Å². The number of aryl methyl sites for hydroxylation is 1. The molecule has 0 aliphatic heterocycles. The zero-order chi connectivity index (χ0) is 28.9. The third kappa shape index (κ3) is 9.44. The molecule has 2 N–H and O–H groups in total. The minimum atomic E-state index is -0.468. The summed E-state index contributed by atoms with van der Waals surface area (Å²) in [6.45, 7) is 1.91. The molecule has 2 amide bonds. The van der Waals surface area contributed by atoms with E-state index in [4.69, 9.17) is 18.9 Å². The lowest BCUT2D eigenvalue weighted by Gasteiger charge is -2.23. The molecule has 12 heteroatoms. The molecule has 0 aliphatic rings. The van der Waals surface area contributed by atoms with Crippen molar-refractivity contribution in [2.24, 2.45) is 0 Å². The summed E-state index contributed by atoms with van der Waals surface area (Å²) in [6.07, 6.45) is 2.49. The average molecular weight is 589 g/mol. The van der Waals surface area contributed by atoms with Gasteiger partial charge in [-0.1, -0.05) is 6.07 Å². The highest BCUT2D eigenvalue weighted by molar-refractivity contribution is 6.02. The molecule has 11 nitrogen and oxygen atoms in total. The second-order valence-corrected chi connectivity index (χ2v) is 8.82. The van der Waals surface area contributed by atoms with Crippen molar-refractivity contribution in [3.63, 3.8) is 0 Å². The van der Waals surface area contributed by atoms with Gasteiger partial charge >= 0.3 is 6.03 Å². The Kier molecular flexibility index (Phi) is 13.5. The van der Waals surface area contributed by atoms with Crippen LogP contribution in [0, 0.1) is 10.1 Å². The molecule has 222 valence electrons. The molecule has 41 heavy (non-hydrogen) atoms. The molecule has 0 unspecified atom stereocenters. The Bertz CT molecular complexity index is 1270. The van der Waals surface area contributed by atoms with E-state index in [1.54, 1.807) is 49.5 Å². The quantitative estimate of drug-likeness (QED) is 0.132. The molecule has 0 spiro atoms. The van der Waals surface area contributed by atoms with E-state index >= 15 is 0 Å². The van der Waals surface area contributed by atoms with Crippen LogP contribution in [0.4, 0.5) is 21.9 Å². The number of non-ortho nitro benzene ring substituents is 1. The van der Waals surface area contributed by atoms with Crippen LogP contribution in [0.2, 0.25) is 0 Å². The van der Waals surface area contributed by atoms with E-state index in [1.807, 2.05) is 18.2 Å². The number of rotatable bonds is 15. The molecule has 0 saturated heterocycles. The molecule has 3 rings (SSSR count). The van der Waals surface area contributed by atoms with Gasteiger partial charge in [-0.15, -0.1) is 12.4 Å². The lowest BCUT2D eigenvalue weighted by molar-refractivity contribution is -0.384. The summed E-state index contributed by atoms with van der Waals surface area (Å²) in [4.78, 5) is 25.5. The summed E-state index contributed by atoms with van der Waals surface area (Å²) < 4.78 is 21.2. The van der Waals surface area contributed by atoms with Crippen molar-refractivity contribution in [2.75, 3.05) is 58.3 Å². The first-order chi connectivity index (χ1) is 19.4. The Morgan fingerprint density at radius 1 is 0.805 bits per heavy atom. The van der Waals surface area contributed by atoms with Gasteiger partial charge in [0.25, 0.3) is 5.69 Å². The Morgan fingerprint density at radius 3 is 2.00 bits per heavy atom. The number of anilines is 2. The topological polar surface area (TPSA) is 124 Å². The zero-order valence-electron chi connectivity index (χ0n) is 23.7. The molecule has 0 aliphatic carbocycles. The highest BCUT2D eigenvalue weighted by Crippen LogP contribution is 2.30. The van der Waals surface area contributed by atoms with Gasteiger partial charge in [0.05, 0.1) is 33.4 Å². The summed E-state index contributed by atoms with van der Waals surface area (Å²) in [7, 11) is 6.30. The summed E-state index contributed by atoms with van der Waals surface area (Å²) in [5.74, 6) is 2.45. The monoisotopic (exact) mass is 588 g/mol. The van der Waals surface area contributed by atoms with Crippen LogP contribution in [0.15, 0.2) is 60.7 Å². The maximum atomic E-state index is 13.3. The molecule has 0 radical (unpaired) electrons. The van der Waals surface area contributed by atoms with E-state index in [2.05, 4.69) is 10.6 Å².